The van der Waals surface area contributed by atoms with E-state index in [0.29, 0.717) is 0 Å². The van der Waals surface area contributed by atoms with Gasteiger partial charge < -0.3 is 4.90 Å². The number of benzene rings is 2. The largest absolute Gasteiger partial charge is 0.336 e. The summed E-state index contributed by atoms with van der Waals surface area (Å²) in [5, 5.41) is 0. The van der Waals surface area contributed by atoms with Crippen LogP contribution in [0.5, 0.6) is 0 Å². The number of piperazine rings is 1. The number of carbonyl (C=O) groups excluding carboxylic acids is 1. The summed E-state index contributed by atoms with van der Waals surface area (Å²) >= 11 is 0. The van der Waals surface area contributed by atoms with Gasteiger partial charge in [-0.3, -0.25) is 9.69 Å². The molecular weight excluding hydrogens is 272 g/mol. The minimum atomic E-state index is 0.156. The molecule has 3 rings (SSSR count). The van der Waals surface area contributed by atoms with Gasteiger partial charge in [-0.15, -0.1) is 0 Å². The maximum absolute atomic E-state index is 12.5. The lowest BCUT2D eigenvalue weighted by molar-refractivity contribution is 0.0628. The van der Waals surface area contributed by atoms with Gasteiger partial charge in [0.2, 0.25) is 0 Å². The summed E-state index contributed by atoms with van der Waals surface area (Å²) in [6, 6.07) is 18.4. The molecule has 0 radical (unpaired) electrons. The molecule has 0 unspecified atom stereocenters. The van der Waals surface area contributed by atoms with E-state index in [1.807, 2.05) is 42.2 Å². The Morgan fingerprint density at radius 1 is 0.955 bits per heavy atom. The summed E-state index contributed by atoms with van der Waals surface area (Å²) < 4.78 is 0. The molecule has 0 spiro atoms. The van der Waals surface area contributed by atoms with Crippen molar-refractivity contribution in [3.63, 3.8) is 0 Å². The smallest absolute Gasteiger partial charge is 0.253 e. The fraction of sp³-hybridized carbons (Fsp3) is 0.316. The summed E-state index contributed by atoms with van der Waals surface area (Å²) in [4.78, 5) is 16.9. The highest BCUT2D eigenvalue weighted by atomic mass is 16.2. The zero-order valence-electron chi connectivity index (χ0n) is 13.0. The van der Waals surface area contributed by atoms with E-state index in [4.69, 9.17) is 0 Å². The van der Waals surface area contributed by atoms with Crippen molar-refractivity contribution < 1.29 is 4.79 Å². The fourth-order valence-electron chi connectivity index (χ4n) is 2.91. The molecule has 1 heterocycles. The Bertz CT molecular complexity index is 631. The monoisotopic (exact) mass is 294 g/mol. The molecule has 0 N–H and O–H groups in total. The quantitative estimate of drug-likeness (QED) is 0.869. The third-order valence-corrected chi connectivity index (χ3v) is 4.17. The van der Waals surface area contributed by atoms with Crippen molar-refractivity contribution in [1.29, 1.82) is 0 Å². The first-order valence-corrected chi connectivity index (χ1v) is 7.84. The highest BCUT2D eigenvalue weighted by Gasteiger charge is 2.22. The second-order valence-electron chi connectivity index (χ2n) is 5.92. The summed E-state index contributed by atoms with van der Waals surface area (Å²) in [6.07, 6.45) is 0. The van der Waals surface area contributed by atoms with E-state index in [-0.39, 0.29) is 5.91 Å². The molecule has 22 heavy (non-hydrogen) atoms. The maximum Gasteiger partial charge on any atom is 0.253 e. The molecule has 3 heteroatoms. The normalized spacial score (nSPS) is 15.8. The first-order valence-electron chi connectivity index (χ1n) is 7.84. The van der Waals surface area contributed by atoms with E-state index in [1.54, 1.807) is 0 Å². The second-order valence-corrected chi connectivity index (χ2v) is 5.92. The third-order valence-electron chi connectivity index (χ3n) is 4.17. The van der Waals surface area contributed by atoms with Crippen molar-refractivity contribution in [1.82, 2.24) is 9.80 Å². The van der Waals surface area contributed by atoms with E-state index < -0.39 is 0 Å². The van der Waals surface area contributed by atoms with Gasteiger partial charge in [0.05, 0.1) is 0 Å². The molecule has 3 nitrogen and oxygen atoms in total. The Labute approximate surface area is 132 Å². The van der Waals surface area contributed by atoms with Crippen LogP contribution in [0.1, 0.15) is 21.5 Å². The van der Waals surface area contributed by atoms with E-state index in [2.05, 4.69) is 29.2 Å². The van der Waals surface area contributed by atoms with Gasteiger partial charge in [-0.05, 0) is 24.6 Å². The lowest BCUT2D eigenvalue weighted by Gasteiger charge is -2.34. The zero-order valence-corrected chi connectivity index (χ0v) is 13.0. The Morgan fingerprint density at radius 3 is 2.36 bits per heavy atom. The summed E-state index contributed by atoms with van der Waals surface area (Å²) in [7, 11) is 0. The van der Waals surface area contributed by atoms with Gasteiger partial charge in [-0.2, -0.15) is 0 Å². The number of carbonyl (C=O) groups is 1. The molecule has 0 aromatic heterocycles. The average molecular weight is 294 g/mol. The highest BCUT2D eigenvalue weighted by molar-refractivity contribution is 5.94. The number of hydrogen-bond acceptors (Lipinski definition) is 2. The van der Waals surface area contributed by atoms with Gasteiger partial charge >= 0.3 is 0 Å². The first-order chi connectivity index (χ1) is 10.7. The molecule has 0 bridgehead atoms. The van der Waals surface area contributed by atoms with Gasteiger partial charge in [0.15, 0.2) is 0 Å². The van der Waals surface area contributed by atoms with E-state index in [1.165, 1.54) is 5.56 Å². The van der Waals surface area contributed by atoms with Crippen molar-refractivity contribution in [3.05, 3.63) is 71.3 Å². The van der Waals surface area contributed by atoms with E-state index in [9.17, 15) is 4.79 Å². The first kappa shape index (κ1) is 14.8. The van der Waals surface area contributed by atoms with Crippen molar-refractivity contribution in [2.45, 2.75) is 13.5 Å². The van der Waals surface area contributed by atoms with Crippen molar-refractivity contribution in [2.75, 3.05) is 26.2 Å². The number of aryl methyl sites for hydroxylation is 1. The van der Waals surface area contributed by atoms with Crippen LogP contribution in [0.25, 0.3) is 0 Å². The van der Waals surface area contributed by atoms with Gasteiger partial charge in [0, 0.05) is 38.3 Å². The number of hydrogen-bond donors (Lipinski definition) is 0. The SMILES string of the molecule is Cc1cccc(C(=O)N2CCN(Cc3ccccc3)CC2)c1. The van der Waals surface area contributed by atoms with Crippen LogP contribution in [-0.4, -0.2) is 41.9 Å². The molecule has 1 aliphatic rings. The molecule has 1 fully saturated rings. The molecular formula is C19H22N2O. The van der Waals surface area contributed by atoms with Crippen LogP contribution in [-0.2, 0) is 6.54 Å². The molecule has 0 atom stereocenters. The molecule has 0 aliphatic carbocycles. The lowest BCUT2D eigenvalue weighted by atomic mass is 10.1. The zero-order chi connectivity index (χ0) is 15.4. The van der Waals surface area contributed by atoms with Crippen LogP contribution in [0.15, 0.2) is 54.6 Å². The van der Waals surface area contributed by atoms with Gasteiger partial charge in [0.1, 0.15) is 0 Å². The average Bonchev–Trinajstić information content (AvgIpc) is 2.56. The minimum absolute atomic E-state index is 0.156. The third kappa shape index (κ3) is 3.55. The summed E-state index contributed by atoms with van der Waals surface area (Å²) in [5.41, 5.74) is 3.27. The van der Waals surface area contributed by atoms with Crippen LogP contribution in [0.4, 0.5) is 0 Å². The van der Waals surface area contributed by atoms with Crippen LogP contribution < -0.4 is 0 Å². The van der Waals surface area contributed by atoms with Crippen LogP contribution >= 0.6 is 0 Å². The molecule has 0 saturated carbocycles. The van der Waals surface area contributed by atoms with Crippen molar-refractivity contribution in [3.8, 4) is 0 Å². The molecule has 2 aromatic carbocycles. The summed E-state index contributed by atoms with van der Waals surface area (Å²) in [5.74, 6) is 0.156. The van der Waals surface area contributed by atoms with Crippen molar-refractivity contribution in [2.24, 2.45) is 0 Å². The van der Waals surface area contributed by atoms with Gasteiger partial charge in [-0.25, -0.2) is 0 Å². The lowest BCUT2D eigenvalue weighted by Crippen LogP contribution is -2.48. The fourth-order valence-corrected chi connectivity index (χ4v) is 2.91. The molecule has 2 aromatic rings. The number of rotatable bonds is 3. The molecule has 1 amide bonds. The highest BCUT2D eigenvalue weighted by Crippen LogP contribution is 2.12. The number of nitrogens with zero attached hydrogens (tertiary/aromatic N) is 2. The van der Waals surface area contributed by atoms with E-state index >= 15 is 0 Å². The Balaban J connectivity index is 1.56. The topological polar surface area (TPSA) is 23.6 Å². The molecule has 1 saturated heterocycles. The predicted octanol–water partition coefficient (Wildman–Crippen LogP) is 2.95. The number of amides is 1. The van der Waals surface area contributed by atoms with Gasteiger partial charge in [-0.1, -0.05) is 48.0 Å². The van der Waals surface area contributed by atoms with Crippen molar-refractivity contribution >= 4 is 5.91 Å². The summed E-state index contributed by atoms with van der Waals surface area (Å²) in [6.45, 7) is 6.47. The van der Waals surface area contributed by atoms with Crippen LogP contribution in [0.2, 0.25) is 0 Å². The minimum Gasteiger partial charge on any atom is -0.336 e. The Hall–Kier alpha value is -2.13. The van der Waals surface area contributed by atoms with E-state index in [0.717, 1.165) is 43.9 Å². The van der Waals surface area contributed by atoms with Crippen LogP contribution in [0, 0.1) is 6.92 Å². The predicted molar refractivity (Wildman–Crippen MR) is 88.8 cm³/mol. The standard InChI is InChI=1S/C19H22N2O/c1-16-6-5-9-18(14-16)19(22)21-12-10-20(11-13-21)15-17-7-3-2-4-8-17/h2-9,14H,10-13,15H2,1H3. The molecule has 1 aliphatic heterocycles. The Morgan fingerprint density at radius 2 is 1.68 bits per heavy atom. The maximum atomic E-state index is 12.5. The Kier molecular flexibility index (Phi) is 4.54. The van der Waals surface area contributed by atoms with Crippen LogP contribution in [0.3, 0.4) is 0 Å². The molecule has 114 valence electrons. The second kappa shape index (κ2) is 6.75. The van der Waals surface area contributed by atoms with Gasteiger partial charge in [0.25, 0.3) is 5.91 Å².